The average molecular weight is 566 g/mol. The summed E-state index contributed by atoms with van der Waals surface area (Å²) < 4.78 is 5.45. The summed E-state index contributed by atoms with van der Waals surface area (Å²) in [7, 11) is 1.58. The number of fused-ring (bicyclic) bond motifs is 2. The van der Waals surface area contributed by atoms with Crippen molar-refractivity contribution in [1.82, 2.24) is 25.8 Å². The standard InChI is InChI=1S/C30H39N5O6/c1-30(2)18-14-35(29(40)21-13-17-19(33-21)7-4-8-22(17)41-3)24(23(18)30)27(38)34-20(12-15-6-5-11-31-26(15)37)25(36)28(39)32-16-9-10-16/h4,7-8,13,15-16,18,20,23-25,33,36H,5-6,9-12,14H2,1-3H3,(H,31,37)(H,32,39)(H,34,38)/t15-,18-,20?,23-,24-,25?/m0/s1. The van der Waals surface area contributed by atoms with Crippen molar-refractivity contribution >= 4 is 34.5 Å². The molecule has 2 aliphatic heterocycles. The van der Waals surface area contributed by atoms with E-state index in [4.69, 9.17) is 4.74 Å². The fourth-order valence-corrected chi connectivity index (χ4v) is 6.97. The van der Waals surface area contributed by atoms with Crippen LogP contribution in [0.25, 0.3) is 10.9 Å². The molecule has 0 bridgehead atoms. The maximum absolute atomic E-state index is 14.0. The molecule has 2 aromatic rings. The number of H-pyrrole nitrogens is 1. The third kappa shape index (κ3) is 5.05. The highest BCUT2D eigenvalue weighted by molar-refractivity contribution is 6.02. The van der Waals surface area contributed by atoms with Crippen LogP contribution in [0.3, 0.4) is 0 Å². The van der Waals surface area contributed by atoms with Crippen LogP contribution in [-0.2, 0) is 14.4 Å². The highest BCUT2D eigenvalue weighted by atomic mass is 16.5. The second-order valence-corrected chi connectivity index (χ2v) is 12.7. The highest BCUT2D eigenvalue weighted by Gasteiger charge is 2.69. The number of benzene rings is 1. The van der Waals surface area contributed by atoms with Crippen LogP contribution in [0.2, 0.25) is 0 Å². The molecule has 6 atom stereocenters. The zero-order chi connectivity index (χ0) is 29.1. The van der Waals surface area contributed by atoms with Crippen LogP contribution < -0.4 is 20.7 Å². The van der Waals surface area contributed by atoms with Gasteiger partial charge < -0.3 is 35.7 Å². The Morgan fingerprint density at radius 3 is 2.71 bits per heavy atom. The molecule has 3 heterocycles. The Morgan fingerprint density at radius 1 is 1.22 bits per heavy atom. The number of amides is 4. The third-order valence-electron chi connectivity index (χ3n) is 9.65. The second-order valence-electron chi connectivity index (χ2n) is 12.7. The van der Waals surface area contributed by atoms with E-state index in [1.165, 1.54) is 0 Å². The van der Waals surface area contributed by atoms with Crippen molar-refractivity contribution < 1.29 is 29.0 Å². The van der Waals surface area contributed by atoms with E-state index < -0.39 is 35.9 Å². The highest BCUT2D eigenvalue weighted by Crippen LogP contribution is 2.65. The SMILES string of the molecule is COc1cccc2[nH]c(C(=O)N3C[C@H]4[C@@H]([C@H]3C(=O)NC(C[C@@H]3CCCNC3=O)C(O)C(=O)NC3CC3)C4(C)C)cc12. The molecule has 11 heteroatoms. The topological polar surface area (TPSA) is 153 Å². The average Bonchev–Trinajstić information content (AvgIpc) is 3.70. The number of nitrogens with zero attached hydrogens (tertiary/aromatic N) is 1. The van der Waals surface area contributed by atoms with Crippen molar-refractivity contribution in [2.24, 2.45) is 23.2 Å². The van der Waals surface area contributed by atoms with Crippen molar-refractivity contribution in [3.05, 3.63) is 30.0 Å². The molecule has 2 saturated heterocycles. The van der Waals surface area contributed by atoms with Crippen molar-refractivity contribution in [2.75, 3.05) is 20.2 Å². The Balaban J connectivity index is 1.25. The van der Waals surface area contributed by atoms with Crippen LogP contribution >= 0.6 is 0 Å². The van der Waals surface area contributed by atoms with E-state index in [1.807, 2.05) is 18.2 Å². The second kappa shape index (κ2) is 10.3. The fourth-order valence-electron chi connectivity index (χ4n) is 6.97. The van der Waals surface area contributed by atoms with Gasteiger partial charge in [0.2, 0.25) is 11.8 Å². The fraction of sp³-hybridized carbons (Fsp3) is 0.600. The molecule has 0 radical (unpaired) electrons. The van der Waals surface area contributed by atoms with Gasteiger partial charge in [0.25, 0.3) is 11.8 Å². The predicted molar refractivity (Wildman–Crippen MR) is 150 cm³/mol. The van der Waals surface area contributed by atoms with Crippen LogP contribution in [0.5, 0.6) is 5.75 Å². The van der Waals surface area contributed by atoms with Gasteiger partial charge in [0.15, 0.2) is 6.10 Å². The number of nitrogens with one attached hydrogen (secondary N) is 4. The van der Waals surface area contributed by atoms with Crippen molar-refractivity contribution in [3.8, 4) is 5.75 Å². The van der Waals surface area contributed by atoms with Gasteiger partial charge in [-0.15, -0.1) is 0 Å². The molecular weight excluding hydrogens is 526 g/mol. The summed E-state index contributed by atoms with van der Waals surface area (Å²) in [6.45, 7) is 5.22. The molecule has 4 amide bonds. The molecule has 2 saturated carbocycles. The van der Waals surface area contributed by atoms with Crippen LogP contribution in [-0.4, -0.2) is 83.0 Å². The van der Waals surface area contributed by atoms with E-state index in [9.17, 15) is 24.3 Å². The molecule has 2 unspecified atom stereocenters. The number of hydrogen-bond acceptors (Lipinski definition) is 6. The minimum absolute atomic E-state index is 0.0392. The summed E-state index contributed by atoms with van der Waals surface area (Å²) >= 11 is 0. The first-order valence-electron chi connectivity index (χ1n) is 14.6. The quantitative estimate of drug-likeness (QED) is 0.309. The first kappa shape index (κ1) is 27.6. The van der Waals surface area contributed by atoms with Crippen molar-refractivity contribution in [3.63, 3.8) is 0 Å². The Morgan fingerprint density at radius 2 is 2.00 bits per heavy atom. The van der Waals surface area contributed by atoms with Gasteiger partial charge in [-0.1, -0.05) is 19.9 Å². The number of carbonyl (C=O) groups excluding carboxylic acids is 4. The molecule has 220 valence electrons. The van der Waals surface area contributed by atoms with Crippen LogP contribution in [0.15, 0.2) is 24.3 Å². The molecule has 5 N–H and O–H groups in total. The van der Waals surface area contributed by atoms with E-state index in [-0.39, 0.29) is 41.5 Å². The number of likely N-dealkylation sites (tertiary alicyclic amines) is 1. The van der Waals surface area contributed by atoms with Gasteiger partial charge in [-0.3, -0.25) is 19.2 Å². The molecule has 1 aromatic heterocycles. The molecule has 6 rings (SSSR count). The number of carbonyl (C=O) groups is 4. The lowest BCUT2D eigenvalue weighted by Crippen LogP contribution is -2.57. The first-order chi connectivity index (χ1) is 19.6. The molecule has 2 aliphatic carbocycles. The lowest BCUT2D eigenvalue weighted by molar-refractivity contribution is -0.136. The lowest BCUT2D eigenvalue weighted by atomic mass is 9.89. The molecule has 11 nitrogen and oxygen atoms in total. The third-order valence-corrected chi connectivity index (χ3v) is 9.65. The number of aromatic nitrogens is 1. The van der Waals surface area contributed by atoms with Gasteiger partial charge in [-0.25, -0.2) is 0 Å². The number of aliphatic hydroxyl groups excluding tert-OH is 1. The zero-order valence-electron chi connectivity index (χ0n) is 23.7. The van der Waals surface area contributed by atoms with Gasteiger partial charge in [0.1, 0.15) is 17.5 Å². The zero-order valence-corrected chi connectivity index (χ0v) is 23.7. The summed E-state index contributed by atoms with van der Waals surface area (Å²) in [6, 6.07) is 5.58. The van der Waals surface area contributed by atoms with Gasteiger partial charge in [-0.05, 0) is 67.6 Å². The number of hydrogen-bond donors (Lipinski definition) is 5. The van der Waals surface area contributed by atoms with E-state index in [2.05, 4.69) is 34.8 Å². The van der Waals surface area contributed by atoms with Gasteiger partial charge in [-0.2, -0.15) is 0 Å². The van der Waals surface area contributed by atoms with E-state index >= 15 is 0 Å². The maximum Gasteiger partial charge on any atom is 0.271 e. The van der Waals surface area contributed by atoms with E-state index in [1.54, 1.807) is 18.1 Å². The number of aliphatic hydroxyl groups is 1. The summed E-state index contributed by atoms with van der Waals surface area (Å²) in [5, 5.41) is 20.4. The first-order valence-corrected chi connectivity index (χ1v) is 14.6. The maximum atomic E-state index is 14.0. The van der Waals surface area contributed by atoms with Crippen LogP contribution in [0, 0.1) is 23.2 Å². The molecule has 41 heavy (non-hydrogen) atoms. The van der Waals surface area contributed by atoms with Gasteiger partial charge in [0.05, 0.1) is 13.2 Å². The number of rotatable bonds is 9. The molecule has 4 aliphatic rings. The Hall–Kier alpha value is -3.60. The number of aromatic amines is 1. The van der Waals surface area contributed by atoms with Crippen molar-refractivity contribution in [2.45, 2.75) is 70.2 Å². The van der Waals surface area contributed by atoms with Gasteiger partial charge in [0, 0.05) is 36.0 Å². The van der Waals surface area contributed by atoms with Gasteiger partial charge >= 0.3 is 0 Å². The number of methoxy groups -OCH3 is 1. The number of ether oxygens (including phenoxy) is 1. The monoisotopic (exact) mass is 565 g/mol. The molecular formula is C30H39N5O6. The molecule has 1 aromatic carbocycles. The minimum Gasteiger partial charge on any atom is -0.496 e. The normalized spacial score (nSPS) is 27.9. The lowest BCUT2D eigenvalue weighted by Gasteiger charge is -2.33. The van der Waals surface area contributed by atoms with E-state index in [0.717, 1.165) is 30.2 Å². The summed E-state index contributed by atoms with van der Waals surface area (Å²) in [6.07, 6.45) is 1.75. The van der Waals surface area contributed by atoms with Crippen LogP contribution in [0.4, 0.5) is 0 Å². The number of piperidine rings is 2. The molecule has 4 fully saturated rings. The van der Waals surface area contributed by atoms with Crippen molar-refractivity contribution in [1.29, 1.82) is 0 Å². The Bertz CT molecular complexity index is 1380. The molecule has 0 spiro atoms. The smallest absolute Gasteiger partial charge is 0.271 e. The predicted octanol–water partition coefficient (Wildman–Crippen LogP) is 1.31. The largest absolute Gasteiger partial charge is 0.496 e. The van der Waals surface area contributed by atoms with Crippen LogP contribution in [0.1, 0.15) is 56.4 Å². The van der Waals surface area contributed by atoms with E-state index in [0.29, 0.717) is 31.0 Å². The summed E-state index contributed by atoms with van der Waals surface area (Å²) in [4.78, 5) is 58.0. The Labute approximate surface area is 238 Å². The Kier molecular flexibility index (Phi) is 6.96. The summed E-state index contributed by atoms with van der Waals surface area (Å²) in [5.74, 6) is -1.07. The summed E-state index contributed by atoms with van der Waals surface area (Å²) in [5.41, 5.74) is 0.998. The minimum atomic E-state index is -1.51.